The molecule has 2 N–H and O–H groups in total. The summed E-state index contributed by atoms with van der Waals surface area (Å²) in [5.74, 6) is 0.455. The van der Waals surface area contributed by atoms with Gasteiger partial charge in [-0.25, -0.2) is 0 Å². The van der Waals surface area contributed by atoms with Crippen LogP contribution in [-0.2, 0) is 0 Å². The highest BCUT2D eigenvalue weighted by atomic mass is 35.5. The molecule has 0 aromatic carbocycles. The Hall–Kier alpha value is -1.13. The molecular formula is C12H16ClN3O. The summed E-state index contributed by atoms with van der Waals surface area (Å²) in [5.41, 5.74) is 0.496. The molecule has 1 fully saturated rings. The fourth-order valence-electron chi connectivity index (χ4n) is 1.98. The highest BCUT2D eigenvalue weighted by Crippen LogP contribution is 2.14. The Morgan fingerprint density at radius 1 is 1.53 bits per heavy atom. The van der Waals surface area contributed by atoms with Crippen LogP contribution in [0.4, 0.5) is 0 Å². The van der Waals surface area contributed by atoms with Gasteiger partial charge >= 0.3 is 0 Å². The normalized spacial score (nSPS) is 16.8. The predicted molar refractivity (Wildman–Crippen MR) is 67.2 cm³/mol. The van der Waals surface area contributed by atoms with Crippen LogP contribution < -0.4 is 10.6 Å². The summed E-state index contributed by atoms with van der Waals surface area (Å²) in [6.07, 6.45) is 5.29. The Bertz CT molecular complexity index is 391. The summed E-state index contributed by atoms with van der Waals surface area (Å²) in [6, 6.07) is 1.64. The summed E-state index contributed by atoms with van der Waals surface area (Å²) in [7, 11) is 0. The Balaban J connectivity index is 1.87. The lowest BCUT2D eigenvalue weighted by Gasteiger charge is -2.22. The van der Waals surface area contributed by atoms with Crippen LogP contribution >= 0.6 is 11.6 Å². The van der Waals surface area contributed by atoms with E-state index in [0.717, 1.165) is 32.5 Å². The maximum atomic E-state index is 11.9. The minimum Gasteiger partial charge on any atom is -0.352 e. The van der Waals surface area contributed by atoms with Gasteiger partial charge in [-0.2, -0.15) is 0 Å². The molecule has 0 saturated carbocycles. The topological polar surface area (TPSA) is 54.0 Å². The summed E-state index contributed by atoms with van der Waals surface area (Å²) in [4.78, 5) is 15.7. The Kier molecular flexibility index (Phi) is 4.34. The average molecular weight is 254 g/mol. The largest absolute Gasteiger partial charge is 0.352 e. The minimum absolute atomic E-state index is 0.115. The number of piperidine rings is 1. The van der Waals surface area contributed by atoms with Gasteiger partial charge in [-0.1, -0.05) is 11.6 Å². The molecule has 2 rings (SSSR count). The van der Waals surface area contributed by atoms with E-state index in [1.54, 1.807) is 12.3 Å². The third kappa shape index (κ3) is 3.41. The zero-order chi connectivity index (χ0) is 12.1. The molecule has 1 amide bonds. The van der Waals surface area contributed by atoms with Crippen LogP contribution in [0.15, 0.2) is 18.5 Å². The zero-order valence-corrected chi connectivity index (χ0v) is 10.3. The maximum Gasteiger partial charge on any atom is 0.252 e. The molecule has 1 aliphatic rings. The first-order chi connectivity index (χ1) is 8.27. The summed E-state index contributed by atoms with van der Waals surface area (Å²) < 4.78 is 0. The molecule has 0 spiro atoms. The third-order valence-electron chi connectivity index (χ3n) is 3.03. The lowest BCUT2D eigenvalue weighted by molar-refractivity contribution is 0.0944. The SMILES string of the molecule is O=C(NCC1CCNCC1)c1ccncc1Cl. The molecular weight excluding hydrogens is 238 g/mol. The Labute approximate surface area is 106 Å². The van der Waals surface area contributed by atoms with E-state index >= 15 is 0 Å². The number of rotatable bonds is 3. The number of carbonyl (C=O) groups is 1. The van der Waals surface area contributed by atoms with Crippen molar-refractivity contribution in [2.75, 3.05) is 19.6 Å². The molecule has 4 nitrogen and oxygen atoms in total. The molecule has 92 valence electrons. The minimum atomic E-state index is -0.115. The first-order valence-electron chi connectivity index (χ1n) is 5.86. The molecule has 2 heterocycles. The molecule has 0 bridgehead atoms. The van der Waals surface area contributed by atoms with Crippen LogP contribution in [0.3, 0.4) is 0 Å². The van der Waals surface area contributed by atoms with Gasteiger partial charge in [0.2, 0.25) is 0 Å². The molecule has 5 heteroatoms. The lowest BCUT2D eigenvalue weighted by Crippen LogP contribution is -2.36. The summed E-state index contributed by atoms with van der Waals surface area (Å²) >= 11 is 5.91. The Morgan fingerprint density at radius 2 is 2.29 bits per heavy atom. The van der Waals surface area contributed by atoms with E-state index in [2.05, 4.69) is 15.6 Å². The third-order valence-corrected chi connectivity index (χ3v) is 3.33. The second kappa shape index (κ2) is 5.98. The lowest BCUT2D eigenvalue weighted by atomic mass is 9.98. The van der Waals surface area contributed by atoms with Gasteiger partial charge in [-0.3, -0.25) is 9.78 Å². The van der Waals surface area contributed by atoms with Crippen molar-refractivity contribution in [2.24, 2.45) is 5.92 Å². The summed E-state index contributed by atoms with van der Waals surface area (Å²) in [6.45, 7) is 2.80. The first-order valence-corrected chi connectivity index (χ1v) is 6.23. The number of halogens is 1. The van der Waals surface area contributed by atoms with Crippen molar-refractivity contribution in [3.8, 4) is 0 Å². The monoisotopic (exact) mass is 253 g/mol. The van der Waals surface area contributed by atoms with Crippen molar-refractivity contribution in [3.05, 3.63) is 29.0 Å². The smallest absolute Gasteiger partial charge is 0.252 e. The van der Waals surface area contributed by atoms with E-state index in [1.807, 2.05) is 0 Å². The van der Waals surface area contributed by atoms with E-state index in [4.69, 9.17) is 11.6 Å². The number of nitrogens with one attached hydrogen (secondary N) is 2. The van der Waals surface area contributed by atoms with Gasteiger partial charge in [0, 0.05) is 18.9 Å². The molecule has 0 atom stereocenters. The number of nitrogens with zero attached hydrogens (tertiary/aromatic N) is 1. The van der Waals surface area contributed by atoms with Crippen molar-refractivity contribution < 1.29 is 4.79 Å². The fraction of sp³-hybridized carbons (Fsp3) is 0.500. The van der Waals surface area contributed by atoms with Crippen LogP contribution in [0.2, 0.25) is 5.02 Å². The van der Waals surface area contributed by atoms with Gasteiger partial charge in [0.1, 0.15) is 0 Å². The Morgan fingerprint density at radius 3 is 3.00 bits per heavy atom. The molecule has 0 radical (unpaired) electrons. The van der Waals surface area contributed by atoms with E-state index in [-0.39, 0.29) is 5.91 Å². The van der Waals surface area contributed by atoms with E-state index in [0.29, 0.717) is 16.5 Å². The second-order valence-corrected chi connectivity index (χ2v) is 4.67. The number of hydrogen-bond acceptors (Lipinski definition) is 3. The van der Waals surface area contributed by atoms with E-state index in [1.165, 1.54) is 6.20 Å². The molecule has 1 aliphatic heterocycles. The van der Waals surface area contributed by atoms with Crippen LogP contribution in [0.1, 0.15) is 23.2 Å². The van der Waals surface area contributed by atoms with E-state index < -0.39 is 0 Å². The van der Waals surface area contributed by atoms with Crippen LogP contribution in [0.5, 0.6) is 0 Å². The molecule has 1 aromatic heterocycles. The standard InChI is InChI=1S/C12H16ClN3O/c13-11-8-15-6-3-10(11)12(17)16-7-9-1-4-14-5-2-9/h3,6,8-9,14H,1-2,4-5,7H2,(H,16,17). The molecule has 1 saturated heterocycles. The number of amides is 1. The van der Waals surface area contributed by atoms with Crippen molar-refractivity contribution in [2.45, 2.75) is 12.8 Å². The highest BCUT2D eigenvalue weighted by molar-refractivity contribution is 6.33. The van der Waals surface area contributed by atoms with Crippen molar-refractivity contribution in [3.63, 3.8) is 0 Å². The number of carbonyl (C=O) groups excluding carboxylic acids is 1. The number of aromatic nitrogens is 1. The van der Waals surface area contributed by atoms with Crippen LogP contribution in [-0.4, -0.2) is 30.5 Å². The van der Waals surface area contributed by atoms with Gasteiger partial charge in [0.25, 0.3) is 5.91 Å². The van der Waals surface area contributed by atoms with Crippen molar-refractivity contribution in [1.82, 2.24) is 15.6 Å². The fourth-order valence-corrected chi connectivity index (χ4v) is 2.18. The second-order valence-electron chi connectivity index (χ2n) is 4.26. The van der Waals surface area contributed by atoms with Crippen molar-refractivity contribution >= 4 is 17.5 Å². The van der Waals surface area contributed by atoms with Crippen LogP contribution in [0, 0.1) is 5.92 Å². The molecule has 17 heavy (non-hydrogen) atoms. The highest BCUT2D eigenvalue weighted by Gasteiger charge is 2.15. The first kappa shape index (κ1) is 12.3. The maximum absolute atomic E-state index is 11.9. The average Bonchev–Trinajstić information content (AvgIpc) is 2.38. The predicted octanol–water partition coefficient (Wildman–Crippen LogP) is 1.46. The zero-order valence-electron chi connectivity index (χ0n) is 9.58. The van der Waals surface area contributed by atoms with Gasteiger partial charge in [-0.15, -0.1) is 0 Å². The van der Waals surface area contributed by atoms with Gasteiger partial charge in [-0.05, 0) is 37.9 Å². The van der Waals surface area contributed by atoms with Crippen molar-refractivity contribution in [1.29, 1.82) is 0 Å². The molecule has 1 aromatic rings. The number of hydrogen-bond donors (Lipinski definition) is 2. The van der Waals surface area contributed by atoms with Gasteiger partial charge < -0.3 is 10.6 Å². The van der Waals surface area contributed by atoms with E-state index in [9.17, 15) is 4.79 Å². The number of pyridine rings is 1. The molecule has 0 unspecified atom stereocenters. The van der Waals surface area contributed by atoms with Gasteiger partial charge in [0.15, 0.2) is 0 Å². The van der Waals surface area contributed by atoms with Crippen LogP contribution in [0.25, 0.3) is 0 Å². The molecule has 0 aliphatic carbocycles. The summed E-state index contributed by atoms with van der Waals surface area (Å²) in [5, 5.41) is 6.63. The quantitative estimate of drug-likeness (QED) is 0.858. The van der Waals surface area contributed by atoms with Gasteiger partial charge in [0.05, 0.1) is 10.6 Å².